The molecule has 0 spiro atoms. The summed E-state index contributed by atoms with van der Waals surface area (Å²) in [5, 5.41) is 0. The number of esters is 2. The number of hydrogen-bond acceptors (Lipinski definition) is 4. The zero-order chi connectivity index (χ0) is 13.2. The first kappa shape index (κ1) is 14.0. The normalized spacial score (nSPS) is 25.7. The minimum Gasteiger partial charge on any atom is -0.469 e. The number of carbonyl (C=O) groups is 2. The van der Waals surface area contributed by atoms with Gasteiger partial charge in [0, 0.05) is 0 Å². The van der Waals surface area contributed by atoms with Gasteiger partial charge in [0.2, 0.25) is 0 Å². The van der Waals surface area contributed by atoms with Crippen molar-refractivity contribution in [3.8, 4) is 0 Å². The standard InChI is InChI=1S/C13H22O4/c1-13(2,3)8-6-9(11(14)16-4)10(7-8)12(15)17-5/h8-10H,6-7H2,1-5H3/t9-,10-/m0/s1. The van der Waals surface area contributed by atoms with Gasteiger partial charge < -0.3 is 9.47 Å². The first-order valence-corrected chi connectivity index (χ1v) is 5.97. The molecule has 0 aromatic carbocycles. The second-order valence-corrected chi connectivity index (χ2v) is 5.79. The van der Waals surface area contributed by atoms with E-state index in [9.17, 15) is 9.59 Å². The third-order valence-corrected chi connectivity index (χ3v) is 3.80. The topological polar surface area (TPSA) is 52.6 Å². The predicted octanol–water partition coefficient (Wildman–Crippen LogP) is 2.02. The lowest BCUT2D eigenvalue weighted by atomic mass is 9.79. The van der Waals surface area contributed by atoms with Gasteiger partial charge in [-0.15, -0.1) is 0 Å². The maximum Gasteiger partial charge on any atom is 0.309 e. The Morgan fingerprint density at radius 2 is 1.29 bits per heavy atom. The van der Waals surface area contributed by atoms with Gasteiger partial charge in [-0.1, -0.05) is 20.8 Å². The largest absolute Gasteiger partial charge is 0.469 e. The molecule has 1 rings (SSSR count). The van der Waals surface area contributed by atoms with Crippen LogP contribution in [0.25, 0.3) is 0 Å². The molecule has 4 nitrogen and oxygen atoms in total. The van der Waals surface area contributed by atoms with Crippen molar-refractivity contribution >= 4 is 11.9 Å². The highest BCUT2D eigenvalue weighted by molar-refractivity contribution is 5.82. The van der Waals surface area contributed by atoms with E-state index in [0.29, 0.717) is 18.8 Å². The van der Waals surface area contributed by atoms with Gasteiger partial charge in [0.05, 0.1) is 26.1 Å². The van der Waals surface area contributed by atoms with Crippen molar-refractivity contribution in [1.82, 2.24) is 0 Å². The summed E-state index contributed by atoms with van der Waals surface area (Å²) in [6, 6.07) is 0. The molecule has 17 heavy (non-hydrogen) atoms. The van der Waals surface area contributed by atoms with Crippen LogP contribution in [0.4, 0.5) is 0 Å². The van der Waals surface area contributed by atoms with Crippen LogP contribution in [-0.4, -0.2) is 26.2 Å². The summed E-state index contributed by atoms with van der Waals surface area (Å²) in [5.74, 6) is -0.955. The summed E-state index contributed by atoms with van der Waals surface area (Å²) in [6.45, 7) is 6.39. The Labute approximate surface area is 103 Å². The van der Waals surface area contributed by atoms with Gasteiger partial charge in [-0.3, -0.25) is 9.59 Å². The number of methoxy groups -OCH3 is 2. The van der Waals surface area contributed by atoms with E-state index < -0.39 is 0 Å². The van der Waals surface area contributed by atoms with E-state index in [-0.39, 0.29) is 29.2 Å². The van der Waals surface area contributed by atoms with Crippen LogP contribution in [0, 0.1) is 23.2 Å². The third kappa shape index (κ3) is 2.99. The average molecular weight is 242 g/mol. The average Bonchev–Trinajstić information content (AvgIpc) is 2.71. The molecular formula is C13H22O4. The van der Waals surface area contributed by atoms with Crippen molar-refractivity contribution in [3.05, 3.63) is 0 Å². The summed E-state index contributed by atoms with van der Waals surface area (Å²) in [5.41, 5.74) is 0.0923. The first-order chi connectivity index (χ1) is 7.81. The highest BCUT2D eigenvalue weighted by atomic mass is 16.5. The lowest BCUT2D eigenvalue weighted by molar-refractivity contribution is -0.156. The Kier molecular flexibility index (Phi) is 4.17. The van der Waals surface area contributed by atoms with Gasteiger partial charge in [-0.05, 0) is 24.2 Å². The fourth-order valence-corrected chi connectivity index (χ4v) is 2.57. The van der Waals surface area contributed by atoms with Crippen molar-refractivity contribution in [2.75, 3.05) is 14.2 Å². The molecule has 4 heteroatoms. The second kappa shape index (κ2) is 5.07. The van der Waals surface area contributed by atoms with E-state index in [1.54, 1.807) is 0 Å². The Morgan fingerprint density at radius 1 is 0.941 bits per heavy atom. The summed E-state index contributed by atoms with van der Waals surface area (Å²) in [7, 11) is 2.72. The van der Waals surface area contributed by atoms with Gasteiger partial charge in [-0.25, -0.2) is 0 Å². The maximum atomic E-state index is 11.7. The summed E-state index contributed by atoms with van der Waals surface area (Å²) in [4.78, 5) is 23.4. The zero-order valence-corrected chi connectivity index (χ0v) is 11.3. The molecule has 98 valence electrons. The first-order valence-electron chi connectivity index (χ1n) is 5.97. The van der Waals surface area contributed by atoms with Crippen molar-refractivity contribution in [3.63, 3.8) is 0 Å². The molecule has 0 aromatic heterocycles. The number of carbonyl (C=O) groups excluding carboxylic acids is 2. The van der Waals surface area contributed by atoms with Gasteiger partial charge in [-0.2, -0.15) is 0 Å². The van der Waals surface area contributed by atoms with Gasteiger partial charge in [0.15, 0.2) is 0 Å². The van der Waals surface area contributed by atoms with Crippen molar-refractivity contribution in [2.45, 2.75) is 33.6 Å². The minimum atomic E-state index is -0.350. The molecule has 0 heterocycles. The molecule has 0 unspecified atom stereocenters. The van der Waals surface area contributed by atoms with Crippen LogP contribution in [0.1, 0.15) is 33.6 Å². The Balaban J connectivity index is 2.87. The summed E-state index contributed by atoms with van der Waals surface area (Å²) < 4.78 is 9.55. The third-order valence-electron chi connectivity index (χ3n) is 3.80. The summed E-state index contributed by atoms with van der Waals surface area (Å²) in [6.07, 6.45) is 1.41. The van der Waals surface area contributed by atoms with Crippen LogP contribution in [0.2, 0.25) is 0 Å². The molecule has 0 aromatic rings. The Hall–Kier alpha value is -1.06. The van der Waals surface area contributed by atoms with E-state index in [0.717, 1.165) is 0 Å². The molecule has 0 bridgehead atoms. The Bertz CT molecular complexity index is 279. The van der Waals surface area contributed by atoms with Gasteiger partial charge in [0.1, 0.15) is 0 Å². The highest BCUT2D eigenvalue weighted by Crippen LogP contribution is 2.46. The van der Waals surface area contributed by atoms with E-state index in [4.69, 9.17) is 9.47 Å². The predicted molar refractivity (Wildman–Crippen MR) is 63.2 cm³/mol. The molecule has 1 aliphatic rings. The molecule has 1 fully saturated rings. The lowest BCUT2D eigenvalue weighted by Gasteiger charge is -2.26. The number of rotatable bonds is 2. The van der Waals surface area contributed by atoms with Crippen LogP contribution in [0.5, 0.6) is 0 Å². The number of hydrogen-bond donors (Lipinski definition) is 0. The van der Waals surface area contributed by atoms with Crippen LogP contribution >= 0.6 is 0 Å². The Morgan fingerprint density at radius 3 is 1.53 bits per heavy atom. The molecule has 0 N–H and O–H groups in total. The molecular weight excluding hydrogens is 220 g/mol. The van der Waals surface area contributed by atoms with E-state index in [2.05, 4.69) is 20.8 Å². The monoisotopic (exact) mass is 242 g/mol. The van der Waals surface area contributed by atoms with Crippen molar-refractivity contribution in [1.29, 1.82) is 0 Å². The quantitative estimate of drug-likeness (QED) is 0.695. The van der Waals surface area contributed by atoms with Crippen LogP contribution in [0.15, 0.2) is 0 Å². The fourth-order valence-electron chi connectivity index (χ4n) is 2.57. The summed E-state index contributed by atoms with van der Waals surface area (Å²) >= 11 is 0. The minimum absolute atomic E-state index is 0.0923. The molecule has 0 radical (unpaired) electrons. The molecule has 0 amide bonds. The van der Waals surface area contributed by atoms with E-state index in [1.807, 2.05) is 0 Å². The smallest absolute Gasteiger partial charge is 0.309 e. The van der Waals surface area contributed by atoms with Crippen LogP contribution in [0.3, 0.4) is 0 Å². The van der Waals surface area contributed by atoms with Crippen LogP contribution < -0.4 is 0 Å². The SMILES string of the molecule is COC(=O)[C@H]1CC(C(C)(C)C)C[C@@H]1C(=O)OC. The van der Waals surface area contributed by atoms with Gasteiger partial charge >= 0.3 is 11.9 Å². The van der Waals surface area contributed by atoms with Crippen molar-refractivity contribution < 1.29 is 19.1 Å². The molecule has 1 aliphatic carbocycles. The fraction of sp³-hybridized carbons (Fsp3) is 0.846. The van der Waals surface area contributed by atoms with E-state index in [1.165, 1.54) is 14.2 Å². The molecule has 2 atom stereocenters. The van der Waals surface area contributed by atoms with Crippen LogP contribution in [-0.2, 0) is 19.1 Å². The molecule has 0 saturated heterocycles. The second-order valence-electron chi connectivity index (χ2n) is 5.79. The molecule has 0 aliphatic heterocycles. The highest BCUT2D eigenvalue weighted by Gasteiger charge is 2.47. The lowest BCUT2D eigenvalue weighted by Crippen LogP contribution is -2.27. The molecule has 1 saturated carbocycles. The van der Waals surface area contributed by atoms with E-state index >= 15 is 0 Å². The number of ether oxygens (including phenoxy) is 2. The van der Waals surface area contributed by atoms with Crippen molar-refractivity contribution in [2.24, 2.45) is 23.2 Å². The maximum absolute atomic E-state index is 11.7. The van der Waals surface area contributed by atoms with Gasteiger partial charge in [0.25, 0.3) is 0 Å². The zero-order valence-electron chi connectivity index (χ0n) is 11.3.